The van der Waals surface area contributed by atoms with E-state index in [4.69, 9.17) is 0 Å². The Morgan fingerprint density at radius 3 is 2.54 bits per heavy atom. The molecule has 1 aromatic rings. The number of amides is 1. The van der Waals surface area contributed by atoms with Gasteiger partial charge in [0.05, 0.1) is 0 Å². The number of carboxylic acid groups (broad SMARTS) is 1. The Morgan fingerprint density at radius 2 is 2.08 bits per heavy atom. The molecule has 1 aromatic carbocycles. The Kier molecular flexibility index (Phi) is 2.90. The van der Waals surface area contributed by atoms with Gasteiger partial charge in [-0.15, -0.1) is 0 Å². The summed E-state index contributed by atoms with van der Waals surface area (Å²) in [6, 6.07) is 7.34. The van der Waals surface area contributed by atoms with Crippen molar-refractivity contribution in [3.8, 4) is 0 Å². The second-order valence-electron chi connectivity index (χ2n) is 2.80. The number of carbonyl (C=O) groups is 1. The highest BCUT2D eigenvalue weighted by Crippen LogP contribution is 2.18. The van der Waals surface area contributed by atoms with Gasteiger partial charge < -0.3 is 14.8 Å². The van der Waals surface area contributed by atoms with Crippen LogP contribution in [0.25, 0.3) is 0 Å². The number of para-hydroxylation sites is 1. The highest BCUT2D eigenvalue weighted by molar-refractivity contribution is 5.85. The van der Waals surface area contributed by atoms with E-state index in [2.05, 4.69) is 0 Å². The molecule has 0 heterocycles. The van der Waals surface area contributed by atoms with Crippen molar-refractivity contribution < 1.29 is 9.90 Å². The molecule has 0 atom stereocenters. The average molecular weight is 178 g/mol. The van der Waals surface area contributed by atoms with Gasteiger partial charge in [0.15, 0.2) is 0 Å². The fourth-order valence-electron chi connectivity index (χ4n) is 1.26. The fourth-order valence-corrected chi connectivity index (χ4v) is 1.26. The van der Waals surface area contributed by atoms with E-state index in [1.807, 2.05) is 25.1 Å². The molecule has 1 rings (SSSR count). The monoisotopic (exact) mass is 178 g/mol. The van der Waals surface area contributed by atoms with E-state index in [0.29, 0.717) is 12.2 Å². The van der Waals surface area contributed by atoms with Crippen LogP contribution in [0.3, 0.4) is 0 Å². The summed E-state index contributed by atoms with van der Waals surface area (Å²) in [6.45, 7) is 4.07. The summed E-state index contributed by atoms with van der Waals surface area (Å²) in [4.78, 5) is 11.9. The van der Waals surface area contributed by atoms with Crippen LogP contribution in [0.4, 0.5) is 10.5 Å². The van der Waals surface area contributed by atoms with Gasteiger partial charge in [-0.05, 0) is 25.5 Å². The zero-order chi connectivity index (χ0) is 9.84. The van der Waals surface area contributed by atoms with Gasteiger partial charge in [0.2, 0.25) is 0 Å². The van der Waals surface area contributed by atoms with Gasteiger partial charge >= 0.3 is 0 Å². The molecule has 0 spiro atoms. The van der Waals surface area contributed by atoms with E-state index < -0.39 is 6.09 Å². The number of benzene rings is 1. The Labute approximate surface area is 77.6 Å². The van der Waals surface area contributed by atoms with Crippen molar-refractivity contribution in [2.45, 2.75) is 13.8 Å². The van der Waals surface area contributed by atoms with Gasteiger partial charge in [0, 0.05) is 12.2 Å². The lowest BCUT2D eigenvalue weighted by molar-refractivity contribution is -0.246. The molecular weight excluding hydrogens is 166 g/mol. The van der Waals surface area contributed by atoms with Gasteiger partial charge in [-0.3, -0.25) is 0 Å². The summed E-state index contributed by atoms with van der Waals surface area (Å²) in [7, 11) is 0. The van der Waals surface area contributed by atoms with E-state index in [1.54, 1.807) is 13.0 Å². The van der Waals surface area contributed by atoms with Crippen LogP contribution < -0.4 is 10.0 Å². The summed E-state index contributed by atoms with van der Waals surface area (Å²) in [6.07, 6.45) is -1.16. The van der Waals surface area contributed by atoms with Crippen LogP contribution >= 0.6 is 0 Å². The number of hydrogen-bond donors (Lipinski definition) is 0. The molecule has 3 nitrogen and oxygen atoms in total. The Morgan fingerprint density at radius 1 is 1.46 bits per heavy atom. The van der Waals surface area contributed by atoms with Crippen LogP contribution in [0.1, 0.15) is 12.5 Å². The Bertz CT molecular complexity index is 310. The molecular formula is C10H12NO2-. The Balaban J connectivity index is 3.04. The third-order valence-electron chi connectivity index (χ3n) is 1.94. The topological polar surface area (TPSA) is 43.4 Å². The molecule has 0 saturated carbocycles. The summed E-state index contributed by atoms with van der Waals surface area (Å²) in [5.41, 5.74) is 1.64. The number of aryl methyl sites for hydroxylation is 1. The van der Waals surface area contributed by atoms with Crippen LogP contribution in [0, 0.1) is 6.92 Å². The van der Waals surface area contributed by atoms with Gasteiger partial charge in [0.25, 0.3) is 0 Å². The number of carbonyl (C=O) groups excluding carboxylic acids is 1. The standard InChI is InChI=1S/C10H13NO2/c1-3-11(10(12)13)9-7-5-4-6-8(9)2/h4-7H,3H2,1-2H3,(H,12,13)/p-1. The zero-order valence-corrected chi connectivity index (χ0v) is 7.78. The average Bonchev–Trinajstić information content (AvgIpc) is 2.09. The molecule has 0 unspecified atom stereocenters. The number of anilines is 1. The second-order valence-corrected chi connectivity index (χ2v) is 2.80. The Hall–Kier alpha value is -1.51. The van der Waals surface area contributed by atoms with Gasteiger partial charge in [-0.1, -0.05) is 18.2 Å². The molecule has 0 aliphatic carbocycles. The predicted octanol–water partition coefficient (Wildman–Crippen LogP) is 1.16. The largest absolute Gasteiger partial charge is 0.530 e. The minimum atomic E-state index is -1.16. The first kappa shape index (κ1) is 9.58. The normalized spacial score (nSPS) is 9.69. The maximum atomic E-state index is 10.7. The third kappa shape index (κ3) is 1.99. The van der Waals surface area contributed by atoms with E-state index in [-0.39, 0.29) is 0 Å². The molecule has 13 heavy (non-hydrogen) atoms. The zero-order valence-electron chi connectivity index (χ0n) is 7.78. The van der Waals surface area contributed by atoms with Crippen molar-refractivity contribution in [2.75, 3.05) is 11.4 Å². The molecule has 3 heteroatoms. The summed E-state index contributed by atoms with van der Waals surface area (Å²) < 4.78 is 0. The summed E-state index contributed by atoms with van der Waals surface area (Å²) >= 11 is 0. The molecule has 0 aromatic heterocycles. The van der Waals surface area contributed by atoms with Crippen molar-refractivity contribution in [1.29, 1.82) is 0 Å². The van der Waals surface area contributed by atoms with Gasteiger partial charge in [0.1, 0.15) is 6.09 Å². The van der Waals surface area contributed by atoms with E-state index in [9.17, 15) is 9.90 Å². The number of rotatable bonds is 2. The van der Waals surface area contributed by atoms with E-state index in [1.165, 1.54) is 4.90 Å². The van der Waals surface area contributed by atoms with Crippen LogP contribution in [0.5, 0.6) is 0 Å². The molecule has 0 N–H and O–H groups in total. The van der Waals surface area contributed by atoms with E-state index >= 15 is 0 Å². The molecule has 1 amide bonds. The minimum Gasteiger partial charge on any atom is -0.530 e. The van der Waals surface area contributed by atoms with Crippen molar-refractivity contribution in [2.24, 2.45) is 0 Å². The maximum absolute atomic E-state index is 10.7. The lowest BCUT2D eigenvalue weighted by Gasteiger charge is -2.24. The fraction of sp³-hybridized carbons (Fsp3) is 0.300. The van der Waals surface area contributed by atoms with Crippen molar-refractivity contribution in [3.05, 3.63) is 29.8 Å². The predicted molar refractivity (Wildman–Crippen MR) is 49.6 cm³/mol. The van der Waals surface area contributed by atoms with Gasteiger partial charge in [-0.2, -0.15) is 0 Å². The lowest BCUT2D eigenvalue weighted by Crippen LogP contribution is -2.41. The van der Waals surface area contributed by atoms with Gasteiger partial charge in [-0.25, -0.2) is 0 Å². The third-order valence-corrected chi connectivity index (χ3v) is 1.94. The second kappa shape index (κ2) is 3.94. The van der Waals surface area contributed by atoms with Crippen LogP contribution in [-0.2, 0) is 0 Å². The van der Waals surface area contributed by atoms with Crippen LogP contribution in [0.15, 0.2) is 24.3 Å². The summed E-state index contributed by atoms with van der Waals surface area (Å²) in [5.74, 6) is 0. The smallest absolute Gasteiger partial charge is 0.141 e. The molecule has 0 fully saturated rings. The molecule has 0 aliphatic heterocycles. The molecule has 0 bridgehead atoms. The van der Waals surface area contributed by atoms with Crippen LogP contribution in [-0.4, -0.2) is 12.6 Å². The van der Waals surface area contributed by atoms with Crippen molar-refractivity contribution >= 4 is 11.8 Å². The lowest BCUT2D eigenvalue weighted by atomic mass is 10.2. The molecule has 0 saturated heterocycles. The first-order valence-electron chi connectivity index (χ1n) is 4.21. The maximum Gasteiger partial charge on any atom is 0.141 e. The first-order chi connectivity index (χ1) is 6.16. The van der Waals surface area contributed by atoms with Crippen LogP contribution in [0.2, 0.25) is 0 Å². The van der Waals surface area contributed by atoms with Crippen molar-refractivity contribution in [3.63, 3.8) is 0 Å². The highest BCUT2D eigenvalue weighted by Gasteiger charge is 2.06. The first-order valence-corrected chi connectivity index (χ1v) is 4.21. The molecule has 0 aliphatic rings. The number of hydrogen-bond acceptors (Lipinski definition) is 2. The summed E-state index contributed by atoms with van der Waals surface area (Å²) in [5, 5.41) is 10.7. The quantitative estimate of drug-likeness (QED) is 0.682. The number of nitrogens with zero attached hydrogens (tertiary/aromatic N) is 1. The van der Waals surface area contributed by atoms with Crippen molar-refractivity contribution in [1.82, 2.24) is 0 Å². The molecule has 0 radical (unpaired) electrons. The molecule has 70 valence electrons. The van der Waals surface area contributed by atoms with E-state index in [0.717, 1.165) is 5.56 Å². The minimum absolute atomic E-state index is 0.410. The SMILES string of the molecule is CCN(C(=O)[O-])c1ccccc1C. The highest BCUT2D eigenvalue weighted by atomic mass is 16.4.